The first-order chi connectivity index (χ1) is 7.48. The first kappa shape index (κ1) is 13.4. The van der Waals surface area contributed by atoms with E-state index in [4.69, 9.17) is 27.9 Å². The highest BCUT2D eigenvalue weighted by Gasteiger charge is 2.10. The average molecular weight is 284 g/mol. The monoisotopic (exact) mass is 283 g/mol. The number of hydrogen-bond acceptors (Lipinski definition) is 3. The first-order valence-electron chi connectivity index (χ1n) is 4.38. The molecule has 1 N–H and O–H groups in total. The Bertz CT molecular complexity index is 462. The van der Waals surface area contributed by atoms with Crippen molar-refractivity contribution in [1.82, 2.24) is 0 Å². The minimum atomic E-state index is -3.40. The largest absolute Gasteiger partial charge is 0.495 e. The van der Waals surface area contributed by atoms with Crippen LogP contribution in [0.15, 0.2) is 18.2 Å². The molecule has 16 heavy (non-hydrogen) atoms. The van der Waals surface area contributed by atoms with Gasteiger partial charge in [0.15, 0.2) is 0 Å². The Balaban J connectivity index is 2.90. The number of hydrogen-bond donors (Lipinski definition) is 1. The van der Waals surface area contributed by atoms with Crippen LogP contribution in [0.1, 0.15) is 0 Å². The van der Waals surface area contributed by atoms with Crippen molar-refractivity contribution in [2.24, 2.45) is 0 Å². The third-order valence-corrected chi connectivity index (χ3v) is 3.78. The maximum absolute atomic E-state index is 11.4. The molecule has 1 aromatic carbocycles. The van der Waals surface area contributed by atoms with E-state index >= 15 is 0 Å². The van der Waals surface area contributed by atoms with Crippen molar-refractivity contribution in [3.05, 3.63) is 23.2 Å². The van der Waals surface area contributed by atoms with Gasteiger partial charge in [-0.15, -0.1) is 11.6 Å². The molecule has 0 saturated heterocycles. The Labute approximate surface area is 105 Å². The molecule has 0 heterocycles. The molecule has 0 amide bonds. The van der Waals surface area contributed by atoms with Gasteiger partial charge >= 0.3 is 0 Å². The van der Waals surface area contributed by atoms with Crippen LogP contribution in [0.2, 0.25) is 5.02 Å². The Morgan fingerprint density at radius 3 is 2.69 bits per heavy atom. The molecule has 0 unspecified atom stereocenters. The topological polar surface area (TPSA) is 55.4 Å². The van der Waals surface area contributed by atoms with Gasteiger partial charge in [0.05, 0.1) is 23.6 Å². The van der Waals surface area contributed by atoms with Gasteiger partial charge in [-0.3, -0.25) is 4.72 Å². The molecule has 0 fully saturated rings. The smallest absolute Gasteiger partial charge is 0.233 e. The average Bonchev–Trinajstić information content (AvgIpc) is 2.20. The van der Waals surface area contributed by atoms with Crippen molar-refractivity contribution < 1.29 is 13.2 Å². The zero-order chi connectivity index (χ0) is 12.2. The van der Waals surface area contributed by atoms with Crippen molar-refractivity contribution in [3.8, 4) is 5.75 Å². The number of alkyl halides is 1. The van der Waals surface area contributed by atoms with Crippen LogP contribution >= 0.6 is 23.2 Å². The van der Waals surface area contributed by atoms with Gasteiger partial charge in [-0.1, -0.05) is 11.6 Å². The molecule has 0 atom stereocenters. The van der Waals surface area contributed by atoms with E-state index in [0.717, 1.165) is 0 Å². The number of benzene rings is 1. The van der Waals surface area contributed by atoms with Crippen LogP contribution in [-0.4, -0.2) is 27.2 Å². The second-order valence-corrected chi connectivity index (χ2v) is 5.59. The highest BCUT2D eigenvalue weighted by molar-refractivity contribution is 7.92. The Morgan fingerprint density at radius 1 is 1.44 bits per heavy atom. The minimum absolute atomic E-state index is 0.0417. The zero-order valence-corrected chi connectivity index (χ0v) is 10.9. The molecular formula is C9H11Cl2NO3S. The van der Waals surface area contributed by atoms with Crippen LogP contribution in [-0.2, 0) is 10.0 Å². The van der Waals surface area contributed by atoms with Crippen LogP contribution < -0.4 is 9.46 Å². The second-order valence-electron chi connectivity index (χ2n) is 2.96. The quantitative estimate of drug-likeness (QED) is 0.844. The summed E-state index contributed by atoms with van der Waals surface area (Å²) in [6.45, 7) is 0. The predicted octanol–water partition coefficient (Wildman–Crippen LogP) is 2.33. The summed E-state index contributed by atoms with van der Waals surface area (Å²) in [5.74, 6) is 0.312. The summed E-state index contributed by atoms with van der Waals surface area (Å²) in [7, 11) is -1.95. The molecule has 0 aliphatic rings. The summed E-state index contributed by atoms with van der Waals surface area (Å²) >= 11 is 11.2. The van der Waals surface area contributed by atoms with Gasteiger partial charge in [0.2, 0.25) is 10.0 Å². The SMILES string of the molecule is COc1cc(NS(=O)(=O)CCCl)ccc1Cl. The highest BCUT2D eigenvalue weighted by atomic mass is 35.5. The molecule has 1 rings (SSSR count). The summed E-state index contributed by atoms with van der Waals surface area (Å²) in [5.41, 5.74) is 0.395. The molecule has 1 aromatic rings. The van der Waals surface area contributed by atoms with Gasteiger partial charge in [0, 0.05) is 11.9 Å². The van der Waals surface area contributed by atoms with Crippen LogP contribution in [0.4, 0.5) is 5.69 Å². The third kappa shape index (κ3) is 3.73. The van der Waals surface area contributed by atoms with E-state index in [1.165, 1.54) is 13.2 Å². The Morgan fingerprint density at radius 2 is 2.12 bits per heavy atom. The fraction of sp³-hybridized carbons (Fsp3) is 0.333. The molecule has 0 radical (unpaired) electrons. The van der Waals surface area contributed by atoms with E-state index in [1.807, 2.05) is 0 Å². The Hall–Kier alpha value is -0.650. The van der Waals surface area contributed by atoms with Crippen molar-refractivity contribution in [2.45, 2.75) is 0 Å². The lowest BCUT2D eigenvalue weighted by atomic mass is 10.3. The van der Waals surface area contributed by atoms with Crippen LogP contribution in [0, 0.1) is 0 Å². The van der Waals surface area contributed by atoms with Gasteiger partial charge in [-0.05, 0) is 12.1 Å². The van der Waals surface area contributed by atoms with E-state index in [2.05, 4.69) is 4.72 Å². The van der Waals surface area contributed by atoms with Crippen LogP contribution in [0.25, 0.3) is 0 Å². The normalized spacial score (nSPS) is 11.2. The summed E-state index contributed by atoms with van der Waals surface area (Å²) < 4.78 is 30.2. The second kappa shape index (κ2) is 5.61. The standard InChI is InChI=1S/C9H11Cl2NO3S/c1-15-9-6-7(2-3-8(9)11)12-16(13,14)5-4-10/h2-3,6,12H,4-5H2,1H3. The number of halogens is 2. The summed E-state index contributed by atoms with van der Waals surface area (Å²) in [5, 5.41) is 0.419. The van der Waals surface area contributed by atoms with E-state index in [1.54, 1.807) is 12.1 Å². The number of anilines is 1. The van der Waals surface area contributed by atoms with Crippen molar-refractivity contribution in [3.63, 3.8) is 0 Å². The van der Waals surface area contributed by atoms with E-state index in [-0.39, 0.29) is 11.6 Å². The molecule has 0 aliphatic carbocycles. The van der Waals surface area contributed by atoms with Gasteiger partial charge in [0.1, 0.15) is 5.75 Å². The molecule has 0 aromatic heterocycles. The lowest BCUT2D eigenvalue weighted by Crippen LogP contribution is -2.17. The number of nitrogens with one attached hydrogen (secondary N) is 1. The molecule has 0 saturated carbocycles. The molecule has 0 bridgehead atoms. The van der Waals surface area contributed by atoms with Crippen LogP contribution in [0.5, 0.6) is 5.75 Å². The summed E-state index contributed by atoms with van der Waals surface area (Å²) in [6, 6.07) is 4.61. The first-order valence-corrected chi connectivity index (χ1v) is 6.95. The Kier molecular flexibility index (Phi) is 4.70. The number of ether oxygens (including phenoxy) is 1. The van der Waals surface area contributed by atoms with Gasteiger partial charge in [0.25, 0.3) is 0 Å². The highest BCUT2D eigenvalue weighted by Crippen LogP contribution is 2.27. The predicted molar refractivity (Wildman–Crippen MR) is 66.1 cm³/mol. The van der Waals surface area contributed by atoms with Gasteiger partial charge in [-0.2, -0.15) is 0 Å². The minimum Gasteiger partial charge on any atom is -0.495 e. The van der Waals surface area contributed by atoms with Gasteiger partial charge in [-0.25, -0.2) is 8.42 Å². The van der Waals surface area contributed by atoms with Crippen molar-refractivity contribution >= 4 is 38.9 Å². The van der Waals surface area contributed by atoms with E-state index < -0.39 is 10.0 Å². The summed E-state index contributed by atoms with van der Waals surface area (Å²) in [6.07, 6.45) is 0. The molecule has 4 nitrogen and oxygen atoms in total. The van der Waals surface area contributed by atoms with Gasteiger partial charge < -0.3 is 4.74 Å². The molecule has 7 heteroatoms. The van der Waals surface area contributed by atoms with E-state index in [0.29, 0.717) is 16.5 Å². The fourth-order valence-corrected chi connectivity index (χ4v) is 2.65. The fourth-order valence-electron chi connectivity index (χ4n) is 1.06. The maximum atomic E-state index is 11.4. The molecule has 0 spiro atoms. The zero-order valence-electron chi connectivity index (χ0n) is 8.54. The summed E-state index contributed by atoms with van der Waals surface area (Å²) in [4.78, 5) is 0. The number of rotatable bonds is 5. The number of methoxy groups -OCH3 is 1. The number of sulfonamides is 1. The molecular weight excluding hydrogens is 273 g/mol. The lowest BCUT2D eigenvalue weighted by molar-refractivity contribution is 0.415. The molecule has 90 valence electrons. The van der Waals surface area contributed by atoms with Crippen molar-refractivity contribution in [2.75, 3.05) is 23.5 Å². The maximum Gasteiger partial charge on any atom is 0.233 e. The van der Waals surface area contributed by atoms with E-state index in [9.17, 15) is 8.42 Å². The van der Waals surface area contributed by atoms with Crippen LogP contribution in [0.3, 0.4) is 0 Å². The molecule has 0 aliphatic heterocycles. The lowest BCUT2D eigenvalue weighted by Gasteiger charge is -2.09. The van der Waals surface area contributed by atoms with Crippen molar-refractivity contribution in [1.29, 1.82) is 0 Å². The third-order valence-electron chi connectivity index (χ3n) is 1.77.